The van der Waals surface area contributed by atoms with Crippen molar-refractivity contribution in [3.8, 4) is 5.88 Å². The van der Waals surface area contributed by atoms with Crippen molar-refractivity contribution in [2.45, 2.75) is 32.4 Å². The number of aromatic nitrogens is 2. The minimum absolute atomic E-state index is 0.222. The second kappa shape index (κ2) is 2.73. The summed E-state index contributed by atoms with van der Waals surface area (Å²) in [6.07, 6.45) is 2.73. The highest BCUT2D eigenvalue weighted by atomic mass is 16.5. The van der Waals surface area contributed by atoms with Crippen LogP contribution in [-0.2, 0) is 13.0 Å². The molecule has 2 N–H and O–H groups in total. The van der Waals surface area contributed by atoms with Crippen LogP contribution in [0.15, 0.2) is 6.33 Å². The normalized spacial score (nSPS) is 15.6. The Morgan fingerprint density at radius 3 is 3.15 bits per heavy atom. The zero-order chi connectivity index (χ0) is 9.47. The molecule has 0 saturated heterocycles. The van der Waals surface area contributed by atoms with Gasteiger partial charge in [0.05, 0.1) is 12.9 Å². The molecule has 0 spiro atoms. The third kappa shape index (κ3) is 1.67. The minimum Gasteiger partial charge on any atom is -0.477 e. The molecule has 1 aliphatic heterocycles. The van der Waals surface area contributed by atoms with E-state index in [1.54, 1.807) is 6.33 Å². The fourth-order valence-electron chi connectivity index (χ4n) is 1.55. The highest BCUT2D eigenvalue weighted by Gasteiger charge is 2.21. The van der Waals surface area contributed by atoms with Crippen LogP contribution in [-0.4, -0.2) is 21.7 Å². The fourth-order valence-corrected chi connectivity index (χ4v) is 1.55. The Kier molecular flexibility index (Phi) is 1.80. The van der Waals surface area contributed by atoms with Crippen molar-refractivity contribution in [3.63, 3.8) is 0 Å². The highest BCUT2D eigenvalue weighted by molar-refractivity contribution is 5.24. The molecule has 4 heteroatoms. The molecular formula is C9H15N3O. The monoisotopic (exact) mass is 181 g/mol. The van der Waals surface area contributed by atoms with E-state index >= 15 is 0 Å². The first-order chi connectivity index (χ1) is 6.06. The van der Waals surface area contributed by atoms with E-state index in [-0.39, 0.29) is 5.54 Å². The summed E-state index contributed by atoms with van der Waals surface area (Å²) < 4.78 is 7.45. The topological polar surface area (TPSA) is 53.1 Å². The predicted octanol–water partition coefficient (Wildman–Crippen LogP) is 0.555. The molecule has 2 rings (SSSR count). The number of fused-ring (bicyclic) bond motifs is 1. The molecule has 0 atom stereocenters. The number of hydrogen-bond donors (Lipinski definition) is 1. The molecule has 1 aromatic rings. The Labute approximate surface area is 77.7 Å². The van der Waals surface area contributed by atoms with Crippen molar-refractivity contribution >= 4 is 0 Å². The first kappa shape index (κ1) is 8.56. The van der Waals surface area contributed by atoms with Crippen molar-refractivity contribution < 1.29 is 4.74 Å². The molecule has 4 nitrogen and oxygen atoms in total. The first-order valence-electron chi connectivity index (χ1n) is 4.52. The van der Waals surface area contributed by atoms with Crippen LogP contribution in [0.3, 0.4) is 0 Å². The van der Waals surface area contributed by atoms with Gasteiger partial charge >= 0.3 is 0 Å². The van der Waals surface area contributed by atoms with Crippen molar-refractivity contribution in [1.82, 2.24) is 9.55 Å². The van der Waals surface area contributed by atoms with Gasteiger partial charge in [0.15, 0.2) is 0 Å². The average molecular weight is 181 g/mol. The molecular weight excluding hydrogens is 166 g/mol. The van der Waals surface area contributed by atoms with Crippen LogP contribution in [0.2, 0.25) is 0 Å². The third-order valence-corrected chi connectivity index (χ3v) is 2.02. The molecule has 0 aliphatic carbocycles. The molecule has 0 fully saturated rings. The van der Waals surface area contributed by atoms with E-state index in [9.17, 15) is 0 Å². The number of nitrogens with two attached hydrogens (primary N) is 1. The Morgan fingerprint density at radius 2 is 2.46 bits per heavy atom. The maximum absolute atomic E-state index is 5.92. The molecule has 0 unspecified atom stereocenters. The van der Waals surface area contributed by atoms with Crippen LogP contribution in [0.4, 0.5) is 0 Å². The molecule has 1 aliphatic rings. The van der Waals surface area contributed by atoms with Crippen molar-refractivity contribution in [3.05, 3.63) is 12.0 Å². The van der Waals surface area contributed by atoms with Gasteiger partial charge in [0.2, 0.25) is 5.88 Å². The van der Waals surface area contributed by atoms with Gasteiger partial charge in [-0.2, -0.15) is 0 Å². The number of rotatable bonds is 2. The Hall–Kier alpha value is -1.03. The van der Waals surface area contributed by atoms with Gasteiger partial charge in [0.25, 0.3) is 0 Å². The third-order valence-electron chi connectivity index (χ3n) is 2.02. The Bertz CT molecular complexity index is 311. The van der Waals surface area contributed by atoms with Crippen LogP contribution < -0.4 is 10.5 Å². The summed E-state index contributed by atoms with van der Waals surface area (Å²) in [5, 5.41) is 0. The largest absolute Gasteiger partial charge is 0.477 e. The summed E-state index contributed by atoms with van der Waals surface area (Å²) in [5.74, 6) is 0.901. The zero-order valence-electron chi connectivity index (χ0n) is 8.08. The number of imidazole rings is 1. The van der Waals surface area contributed by atoms with Gasteiger partial charge in [-0.25, -0.2) is 4.98 Å². The van der Waals surface area contributed by atoms with Crippen molar-refractivity contribution in [2.75, 3.05) is 6.61 Å². The van der Waals surface area contributed by atoms with E-state index in [0.29, 0.717) is 0 Å². The minimum atomic E-state index is -0.222. The maximum atomic E-state index is 5.92. The van der Waals surface area contributed by atoms with E-state index in [1.807, 2.05) is 18.4 Å². The second-order valence-electron chi connectivity index (χ2n) is 4.21. The Morgan fingerprint density at radius 1 is 1.69 bits per heavy atom. The van der Waals surface area contributed by atoms with E-state index in [4.69, 9.17) is 10.5 Å². The number of nitrogens with zero attached hydrogens (tertiary/aromatic N) is 2. The zero-order valence-corrected chi connectivity index (χ0v) is 8.08. The summed E-state index contributed by atoms with van der Waals surface area (Å²) in [6, 6.07) is 0. The van der Waals surface area contributed by atoms with E-state index in [0.717, 1.165) is 31.1 Å². The lowest BCUT2D eigenvalue weighted by Crippen LogP contribution is -2.36. The van der Waals surface area contributed by atoms with Crippen LogP contribution in [0, 0.1) is 0 Å². The summed E-state index contributed by atoms with van der Waals surface area (Å²) in [7, 11) is 0. The average Bonchev–Trinajstić information content (AvgIpc) is 2.50. The summed E-state index contributed by atoms with van der Waals surface area (Å²) >= 11 is 0. The van der Waals surface area contributed by atoms with Gasteiger partial charge in [-0.15, -0.1) is 0 Å². The van der Waals surface area contributed by atoms with Gasteiger partial charge in [0.1, 0.15) is 5.69 Å². The molecule has 0 amide bonds. The van der Waals surface area contributed by atoms with E-state index in [2.05, 4.69) is 4.98 Å². The van der Waals surface area contributed by atoms with Gasteiger partial charge in [-0.1, -0.05) is 0 Å². The van der Waals surface area contributed by atoms with Crippen molar-refractivity contribution in [2.24, 2.45) is 5.73 Å². The number of ether oxygens (including phenoxy) is 1. The molecule has 13 heavy (non-hydrogen) atoms. The second-order valence-corrected chi connectivity index (χ2v) is 4.21. The smallest absolute Gasteiger partial charge is 0.217 e. The molecule has 1 aromatic heterocycles. The highest BCUT2D eigenvalue weighted by Crippen LogP contribution is 2.24. The van der Waals surface area contributed by atoms with Crippen LogP contribution in [0.1, 0.15) is 19.5 Å². The summed E-state index contributed by atoms with van der Waals surface area (Å²) in [6.45, 7) is 5.49. The van der Waals surface area contributed by atoms with Gasteiger partial charge in [0, 0.05) is 18.5 Å². The lowest BCUT2D eigenvalue weighted by atomic mass is 10.1. The van der Waals surface area contributed by atoms with Gasteiger partial charge < -0.3 is 10.5 Å². The summed E-state index contributed by atoms with van der Waals surface area (Å²) in [4.78, 5) is 4.26. The standard InChI is InChI=1S/C9H15N3O/c1-9(2,10)5-12-6-11-7-3-4-13-8(7)12/h6H,3-5,10H2,1-2H3. The van der Waals surface area contributed by atoms with Crippen LogP contribution >= 0.6 is 0 Å². The quantitative estimate of drug-likeness (QED) is 0.725. The van der Waals surface area contributed by atoms with Crippen LogP contribution in [0.25, 0.3) is 0 Å². The number of hydrogen-bond acceptors (Lipinski definition) is 3. The SMILES string of the molecule is CC(C)(N)Cn1cnc2c1OCC2. The van der Waals surface area contributed by atoms with Crippen molar-refractivity contribution in [1.29, 1.82) is 0 Å². The fraction of sp³-hybridized carbons (Fsp3) is 0.667. The van der Waals surface area contributed by atoms with Crippen LogP contribution in [0.5, 0.6) is 5.88 Å². The summed E-state index contributed by atoms with van der Waals surface area (Å²) in [5.41, 5.74) is 6.75. The molecule has 72 valence electrons. The lowest BCUT2D eigenvalue weighted by molar-refractivity contribution is 0.309. The molecule has 2 heterocycles. The molecule has 0 bridgehead atoms. The lowest BCUT2D eigenvalue weighted by Gasteiger charge is -2.19. The van der Waals surface area contributed by atoms with E-state index < -0.39 is 0 Å². The van der Waals surface area contributed by atoms with Gasteiger partial charge in [-0.3, -0.25) is 4.57 Å². The predicted molar refractivity (Wildman–Crippen MR) is 49.7 cm³/mol. The molecule has 0 saturated carbocycles. The Balaban J connectivity index is 2.22. The first-order valence-corrected chi connectivity index (χ1v) is 4.52. The molecule has 0 aromatic carbocycles. The van der Waals surface area contributed by atoms with E-state index in [1.165, 1.54) is 0 Å². The van der Waals surface area contributed by atoms with Gasteiger partial charge in [-0.05, 0) is 13.8 Å². The maximum Gasteiger partial charge on any atom is 0.217 e. The molecule has 0 radical (unpaired) electrons.